The second-order valence-corrected chi connectivity index (χ2v) is 10.7. The summed E-state index contributed by atoms with van der Waals surface area (Å²) in [5.41, 5.74) is 2.52. The van der Waals surface area contributed by atoms with Gasteiger partial charge in [0, 0.05) is 19.6 Å². The molecule has 1 radical (unpaired) electrons. The van der Waals surface area contributed by atoms with Gasteiger partial charge in [-0.2, -0.15) is 0 Å². The molecule has 163 valence electrons. The highest BCUT2D eigenvalue weighted by Gasteiger charge is 2.45. The first kappa shape index (κ1) is 22.8. The standard InChI is InChI=1S/C25H34NO3S/c1-4-6-19-29-23-11-13-24(14-12-23)30(27,28)25(5-2)15-17-26(18-16-25)20-22-9-7-21(3)8-10-22/h7-14H,2,4-6,15-20H2,1,3H3. The maximum absolute atomic E-state index is 13.5. The maximum Gasteiger partial charge on any atom is 0.184 e. The van der Waals surface area contributed by atoms with Crippen LogP contribution in [0.4, 0.5) is 0 Å². The molecule has 0 bridgehead atoms. The van der Waals surface area contributed by atoms with Crippen LogP contribution in [-0.4, -0.2) is 37.8 Å². The minimum atomic E-state index is -3.46. The number of piperidine rings is 1. The number of likely N-dealkylation sites (tertiary alicyclic amines) is 1. The van der Waals surface area contributed by atoms with Crippen LogP contribution in [0, 0.1) is 13.8 Å². The average Bonchev–Trinajstić information content (AvgIpc) is 2.76. The van der Waals surface area contributed by atoms with Crippen LogP contribution in [0.5, 0.6) is 5.75 Å². The topological polar surface area (TPSA) is 46.6 Å². The van der Waals surface area contributed by atoms with Crippen LogP contribution < -0.4 is 4.74 Å². The summed E-state index contributed by atoms with van der Waals surface area (Å²) in [4.78, 5) is 2.72. The minimum Gasteiger partial charge on any atom is -0.494 e. The van der Waals surface area contributed by atoms with E-state index < -0.39 is 14.6 Å². The largest absolute Gasteiger partial charge is 0.494 e. The maximum atomic E-state index is 13.5. The molecule has 1 fully saturated rings. The predicted molar refractivity (Wildman–Crippen MR) is 122 cm³/mol. The number of nitrogens with zero attached hydrogens (tertiary/aromatic N) is 1. The van der Waals surface area contributed by atoms with Crippen LogP contribution in [0.2, 0.25) is 0 Å². The Morgan fingerprint density at radius 3 is 2.23 bits per heavy atom. The number of aryl methyl sites for hydroxylation is 1. The van der Waals surface area contributed by atoms with Gasteiger partial charge in [-0.15, -0.1) is 0 Å². The fourth-order valence-electron chi connectivity index (χ4n) is 4.02. The number of sulfone groups is 1. The highest BCUT2D eigenvalue weighted by molar-refractivity contribution is 7.92. The molecular weight excluding hydrogens is 394 g/mol. The lowest BCUT2D eigenvalue weighted by molar-refractivity contribution is 0.188. The number of ether oxygens (including phenoxy) is 1. The zero-order valence-electron chi connectivity index (χ0n) is 18.3. The molecule has 1 saturated heterocycles. The molecule has 0 aromatic heterocycles. The highest BCUT2D eigenvalue weighted by atomic mass is 32.2. The van der Waals surface area contributed by atoms with Gasteiger partial charge in [0.15, 0.2) is 9.84 Å². The van der Waals surface area contributed by atoms with Crippen molar-refractivity contribution in [1.29, 1.82) is 0 Å². The summed E-state index contributed by atoms with van der Waals surface area (Å²) in [5, 5.41) is 0. The molecule has 0 atom stereocenters. The van der Waals surface area contributed by atoms with Crippen molar-refractivity contribution in [3.8, 4) is 5.75 Å². The van der Waals surface area contributed by atoms with Gasteiger partial charge in [0.2, 0.25) is 0 Å². The molecule has 5 heteroatoms. The fourth-order valence-corrected chi connectivity index (χ4v) is 6.01. The number of unbranched alkanes of at least 4 members (excludes halogenated alkanes) is 1. The Balaban J connectivity index is 1.67. The highest BCUT2D eigenvalue weighted by Crippen LogP contribution is 2.38. The van der Waals surface area contributed by atoms with E-state index in [-0.39, 0.29) is 0 Å². The van der Waals surface area contributed by atoms with Gasteiger partial charge < -0.3 is 4.74 Å². The third kappa shape index (κ3) is 5.06. The Morgan fingerprint density at radius 1 is 1.03 bits per heavy atom. The third-order valence-corrected chi connectivity index (χ3v) is 8.87. The molecule has 0 aliphatic carbocycles. The van der Waals surface area contributed by atoms with E-state index in [0.717, 1.165) is 38.2 Å². The molecule has 1 heterocycles. The molecule has 0 N–H and O–H groups in total. The van der Waals surface area contributed by atoms with Gasteiger partial charge in [-0.1, -0.05) is 50.1 Å². The van der Waals surface area contributed by atoms with Crippen molar-refractivity contribution in [3.05, 3.63) is 66.6 Å². The van der Waals surface area contributed by atoms with Crippen molar-refractivity contribution in [2.24, 2.45) is 0 Å². The van der Waals surface area contributed by atoms with Crippen LogP contribution >= 0.6 is 0 Å². The first-order valence-corrected chi connectivity index (χ1v) is 12.4. The quantitative estimate of drug-likeness (QED) is 0.515. The first-order valence-electron chi connectivity index (χ1n) is 10.9. The smallest absolute Gasteiger partial charge is 0.184 e. The predicted octanol–water partition coefficient (Wildman–Crippen LogP) is 5.21. The second-order valence-electron chi connectivity index (χ2n) is 8.37. The van der Waals surface area contributed by atoms with E-state index in [2.05, 4.69) is 49.9 Å². The number of hydrogen-bond donors (Lipinski definition) is 0. The SMILES string of the molecule is [CH2]CC1(S(=O)(=O)c2ccc(OCCCC)cc2)CCN(Cc2ccc(C)cc2)CC1. The Kier molecular flexibility index (Phi) is 7.59. The van der Waals surface area contributed by atoms with Crippen molar-refractivity contribution in [2.75, 3.05) is 19.7 Å². The van der Waals surface area contributed by atoms with Gasteiger partial charge in [-0.05, 0) is 62.4 Å². The number of hydrogen-bond acceptors (Lipinski definition) is 4. The molecule has 1 aliphatic rings. The lowest BCUT2D eigenvalue weighted by Crippen LogP contribution is -2.48. The van der Waals surface area contributed by atoms with Crippen LogP contribution in [-0.2, 0) is 16.4 Å². The molecule has 30 heavy (non-hydrogen) atoms. The van der Waals surface area contributed by atoms with Gasteiger partial charge in [0.1, 0.15) is 5.75 Å². The molecule has 0 unspecified atom stereocenters. The van der Waals surface area contributed by atoms with Gasteiger partial charge in [0.05, 0.1) is 16.2 Å². The van der Waals surface area contributed by atoms with Crippen LogP contribution in [0.25, 0.3) is 0 Å². The molecular formula is C25H34NO3S. The summed E-state index contributed by atoms with van der Waals surface area (Å²) in [6.07, 6.45) is 3.67. The molecule has 3 rings (SSSR count). The summed E-state index contributed by atoms with van der Waals surface area (Å²) in [7, 11) is -3.46. The van der Waals surface area contributed by atoms with Crippen LogP contribution in [0.3, 0.4) is 0 Å². The molecule has 4 nitrogen and oxygen atoms in total. The second kappa shape index (κ2) is 9.97. The molecule has 1 aliphatic heterocycles. The zero-order valence-corrected chi connectivity index (χ0v) is 19.1. The summed E-state index contributed by atoms with van der Waals surface area (Å²) < 4.78 is 31.9. The van der Waals surface area contributed by atoms with E-state index in [9.17, 15) is 8.42 Å². The normalized spacial score (nSPS) is 17.0. The summed E-state index contributed by atoms with van der Waals surface area (Å²) in [5.74, 6) is 0.721. The van der Waals surface area contributed by atoms with Gasteiger partial charge in [-0.3, -0.25) is 4.90 Å². The van der Waals surface area contributed by atoms with Gasteiger partial charge in [0.25, 0.3) is 0 Å². The van der Waals surface area contributed by atoms with Crippen molar-refractivity contribution in [3.63, 3.8) is 0 Å². The number of rotatable bonds is 9. The average molecular weight is 429 g/mol. The molecule has 2 aromatic rings. The van der Waals surface area contributed by atoms with Crippen LogP contribution in [0.15, 0.2) is 53.4 Å². The molecule has 0 amide bonds. The van der Waals surface area contributed by atoms with Crippen molar-refractivity contribution in [1.82, 2.24) is 4.90 Å². The molecule has 2 aromatic carbocycles. The molecule has 0 saturated carbocycles. The van der Waals surface area contributed by atoms with E-state index in [1.54, 1.807) is 24.3 Å². The van der Waals surface area contributed by atoms with Crippen molar-refractivity contribution >= 4 is 9.84 Å². The number of benzene rings is 2. The summed E-state index contributed by atoms with van der Waals surface area (Å²) in [6.45, 7) is 11.3. The van der Waals surface area contributed by atoms with Gasteiger partial charge in [-0.25, -0.2) is 8.42 Å². The van der Waals surface area contributed by atoms with E-state index in [1.165, 1.54) is 11.1 Å². The van der Waals surface area contributed by atoms with Crippen molar-refractivity contribution in [2.45, 2.75) is 62.1 Å². The Labute approximate surface area is 182 Å². The Morgan fingerprint density at radius 2 is 1.67 bits per heavy atom. The summed E-state index contributed by atoms with van der Waals surface area (Å²) in [6, 6.07) is 15.5. The molecule has 0 spiro atoms. The zero-order chi connectivity index (χ0) is 21.6. The van der Waals surface area contributed by atoms with Crippen LogP contribution in [0.1, 0.15) is 50.2 Å². The van der Waals surface area contributed by atoms with Gasteiger partial charge >= 0.3 is 0 Å². The minimum absolute atomic E-state index is 0.376. The Bertz CT molecular complexity index is 896. The fraction of sp³-hybridized carbons (Fsp3) is 0.480. The van der Waals surface area contributed by atoms with E-state index in [4.69, 9.17) is 4.74 Å². The first-order chi connectivity index (χ1) is 14.4. The monoisotopic (exact) mass is 428 g/mol. The van der Waals surface area contributed by atoms with E-state index >= 15 is 0 Å². The lowest BCUT2D eigenvalue weighted by atomic mass is 9.93. The lowest BCUT2D eigenvalue weighted by Gasteiger charge is -2.40. The summed E-state index contributed by atoms with van der Waals surface area (Å²) >= 11 is 0. The van der Waals surface area contributed by atoms with E-state index in [0.29, 0.717) is 30.8 Å². The Hall–Kier alpha value is -1.85. The third-order valence-electron chi connectivity index (χ3n) is 6.22. The van der Waals surface area contributed by atoms with Crippen molar-refractivity contribution < 1.29 is 13.2 Å². The van der Waals surface area contributed by atoms with E-state index in [1.807, 2.05) is 0 Å².